The lowest BCUT2D eigenvalue weighted by Gasteiger charge is -2.27. The van der Waals surface area contributed by atoms with Crippen molar-refractivity contribution in [3.63, 3.8) is 0 Å². The Kier molecular flexibility index (Phi) is 12.0. The summed E-state index contributed by atoms with van der Waals surface area (Å²) in [5.41, 5.74) is 12.3. The number of hydrogen-bond acceptors (Lipinski definition) is 5. The van der Waals surface area contributed by atoms with Crippen LogP contribution in [0.25, 0.3) is 0 Å². The summed E-state index contributed by atoms with van der Waals surface area (Å²) in [4.78, 5) is 2.50. The van der Waals surface area contributed by atoms with Crippen LogP contribution in [0, 0.1) is 6.92 Å². The predicted octanol–water partition coefficient (Wildman–Crippen LogP) is 9.27. The maximum atomic E-state index is 7.01. The van der Waals surface area contributed by atoms with Crippen molar-refractivity contribution in [1.29, 1.82) is 0 Å². The van der Waals surface area contributed by atoms with Crippen molar-refractivity contribution in [3.8, 4) is 5.75 Å². The van der Waals surface area contributed by atoms with E-state index in [1.165, 1.54) is 50.6 Å². The molecule has 1 aromatic heterocycles. The Morgan fingerprint density at radius 2 is 1.57 bits per heavy atom. The highest BCUT2D eigenvalue weighted by molar-refractivity contribution is 6.03. The topological polar surface area (TPSA) is 47.1 Å². The molecule has 3 aliphatic rings. The van der Waals surface area contributed by atoms with E-state index in [4.69, 9.17) is 18.9 Å². The quantitative estimate of drug-likeness (QED) is 0.115. The molecule has 0 fully saturated rings. The highest BCUT2D eigenvalue weighted by atomic mass is 16.5. The van der Waals surface area contributed by atoms with Gasteiger partial charge in [0.1, 0.15) is 24.7 Å². The molecule has 0 N–H and O–H groups in total. The van der Waals surface area contributed by atoms with E-state index in [2.05, 4.69) is 141 Å². The van der Waals surface area contributed by atoms with Gasteiger partial charge in [0, 0.05) is 86.0 Å². The van der Waals surface area contributed by atoms with Crippen LogP contribution in [0.5, 0.6) is 5.75 Å². The van der Waals surface area contributed by atoms with Crippen molar-refractivity contribution in [1.82, 2.24) is 0 Å². The van der Waals surface area contributed by atoms with Crippen molar-refractivity contribution in [3.05, 3.63) is 130 Å². The molecule has 1 aliphatic carbocycles. The van der Waals surface area contributed by atoms with Gasteiger partial charge in [0.15, 0.2) is 24.7 Å². The van der Waals surface area contributed by atoms with Crippen molar-refractivity contribution in [2.45, 2.75) is 84.2 Å². The molecule has 7 nitrogen and oxygen atoms in total. The number of fused-ring (bicyclic) bond motifs is 2. The van der Waals surface area contributed by atoms with Crippen LogP contribution in [0.15, 0.2) is 108 Å². The van der Waals surface area contributed by atoms with Gasteiger partial charge in [-0.1, -0.05) is 37.6 Å². The fourth-order valence-corrected chi connectivity index (χ4v) is 8.35. The molecule has 0 bridgehead atoms. The number of anilines is 1. The Labute approximate surface area is 323 Å². The second-order valence-electron chi connectivity index (χ2n) is 16.0. The molecule has 3 heterocycles. The lowest BCUT2D eigenvalue weighted by Crippen LogP contribution is -2.28. The summed E-state index contributed by atoms with van der Waals surface area (Å²) in [5.74, 6) is 1.87. The van der Waals surface area contributed by atoms with Gasteiger partial charge in [0.2, 0.25) is 5.69 Å². The second kappa shape index (κ2) is 16.5. The lowest BCUT2D eigenvalue weighted by molar-refractivity contribution is -0.671. The van der Waals surface area contributed by atoms with Crippen molar-refractivity contribution < 1.29 is 28.1 Å². The van der Waals surface area contributed by atoms with Crippen LogP contribution in [-0.4, -0.2) is 57.9 Å². The van der Waals surface area contributed by atoms with E-state index in [1.54, 1.807) is 21.3 Å². The fraction of sp³-hybridized carbons (Fsp3) is 0.447. The number of rotatable bonds is 15. The summed E-state index contributed by atoms with van der Waals surface area (Å²) in [6.45, 7) is 16.9. The van der Waals surface area contributed by atoms with Crippen LogP contribution in [0.1, 0.15) is 88.7 Å². The van der Waals surface area contributed by atoms with Crippen LogP contribution < -0.4 is 14.2 Å². The van der Waals surface area contributed by atoms with Gasteiger partial charge in [0.05, 0.1) is 19.1 Å². The first-order valence-electron chi connectivity index (χ1n) is 19.6. The molecule has 3 aromatic rings. The number of pyridine rings is 1. The molecule has 54 heavy (non-hydrogen) atoms. The van der Waals surface area contributed by atoms with Crippen molar-refractivity contribution in [2.75, 3.05) is 52.5 Å². The summed E-state index contributed by atoms with van der Waals surface area (Å²) < 4.78 is 28.1. The van der Waals surface area contributed by atoms with Crippen LogP contribution in [0.4, 0.5) is 11.4 Å². The average Bonchev–Trinajstić information content (AvgIpc) is 3.70. The molecule has 2 aromatic carbocycles. The highest BCUT2D eigenvalue weighted by Gasteiger charge is 2.45. The normalized spacial score (nSPS) is 19.4. The van der Waals surface area contributed by atoms with E-state index in [-0.39, 0.29) is 16.9 Å². The zero-order chi connectivity index (χ0) is 38.6. The molecule has 7 heteroatoms. The van der Waals surface area contributed by atoms with E-state index in [0.717, 1.165) is 62.5 Å². The Hall–Kier alpha value is -4.46. The molecule has 0 spiro atoms. The minimum Gasteiger partial charge on any atom is -0.497 e. The standard InChI is InChI=1S/C47H61N3O4/c1-33-13-19-41-39(31-33)46(3,4)43(49(41)25-11-29-51-8)21-16-36-14-15-37(45(36)54-34(2)35-23-27-48(7)28-24-35)17-22-44-47(5,6)40-32-38(53-10)18-20-42(40)50(44)26-12-30-52-9/h13,16-24,27-28,31-32,34H,11-12,14-15,25-26,29-30H2,1-10H3/q+2. The molecule has 0 saturated carbocycles. The monoisotopic (exact) mass is 731 g/mol. The first kappa shape index (κ1) is 39.2. The summed E-state index contributed by atoms with van der Waals surface area (Å²) in [5, 5.41) is 0. The summed E-state index contributed by atoms with van der Waals surface area (Å²) in [6, 6.07) is 17.6. The number of methoxy groups -OCH3 is 3. The Bertz CT molecular complexity index is 2000. The van der Waals surface area contributed by atoms with Gasteiger partial charge in [-0.05, 0) is 94.0 Å². The fourth-order valence-electron chi connectivity index (χ4n) is 8.35. The third-order valence-corrected chi connectivity index (χ3v) is 11.5. The summed E-state index contributed by atoms with van der Waals surface area (Å²) in [6.07, 6.45) is 17.1. The zero-order valence-electron chi connectivity index (χ0n) is 34.3. The predicted molar refractivity (Wildman–Crippen MR) is 219 cm³/mol. The van der Waals surface area contributed by atoms with E-state index in [0.29, 0.717) is 6.61 Å². The molecule has 0 amide bonds. The second-order valence-corrected chi connectivity index (χ2v) is 16.0. The summed E-state index contributed by atoms with van der Waals surface area (Å²) in [7, 11) is 7.34. The maximum Gasteiger partial charge on any atom is 0.210 e. The average molecular weight is 732 g/mol. The Balaban J connectivity index is 1.42. The van der Waals surface area contributed by atoms with Gasteiger partial charge in [-0.2, -0.15) is 4.58 Å². The number of benzene rings is 2. The Morgan fingerprint density at radius 1 is 0.833 bits per heavy atom. The zero-order valence-corrected chi connectivity index (χ0v) is 34.3. The number of aromatic nitrogens is 1. The van der Waals surface area contributed by atoms with Crippen molar-refractivity contribution in [2.24, 2.45) is 7.05 Å². The SMILES string of the molecule is COCCCN1/C(=C/C=C2\CCC(/C=C/C3=[N+](CCCOC)c4ccc(OC)cc4C3(C)C)=C2OC(C)c2cc[n+](C)cc2)C(C)(C)c2cc(C)ccc21. The van der Waals surface area contributed by atoms with Crippen molar-refractivity contribution >= 4 is 17.1 Å². The molecule has 6 rings (SSSR count). The van der Waals surface area contributed by atoms with E-state index < -0.39 is 0 Å². The van der Waals surface area contributed by atoms with E-state index >= 15 is 0 Å². The number of aryl methyl sites for hydroxylation is 2. The molecule has 0 saturated heterocycles. The number of hydrogen-bond donors (Lipinski definition) is 0. The largest absolute Gasteiger partial charge is 0.497 e. The van der Waals surface area contributed by atoms with Crippen LogP contribution in [0.2, 0.25) is 0 Å². The highest BCUT2D eigenvalue weighted by Crippen LogP contribution is 2.49. The molecular formula is C47H61N3O4+2. The minimum atomic E-state index is -0.211. The van der Waals surface area contributed by atoms with Gasteiger partial charge in [-0.15, -0.1) is 0 Å². The number of allylic oxidation sites excluding steroid dienone is 7. The smallest absolute Gasteiger partial charge is 0.210 e. The van der Waals surface area contributed by atoms with Gasteiger partial charge in [-0.3, -0.25) is 0 Å². The van der Waals surface area contributed by atoms with E-state index in [1.807, 2.05) is 7.05 Å². The maximum absolute atomic E-state index is 7.01. The van der Waals surface area contributed by atoms with Crippen LogP contribution in [-0.2, 0) is 32.1 Å². The summed E-state index contributed by atoms with van der Waals surface area (Å²) >= 11 is 0. The Morgan fingerprint density at radius 3 is 2.30 bits per heavy atom. The van der Waals surface area contributed by atoms with Crippen LogP contribution in [0.3, 0.4) is 0 Å². The number of ether oxygens (including phenoxy) is 4. The van der Waals surface area contributed by atoms with Crippen LogP contribution >= 0.6 is 0 Å². The minimum absolute atomic E-state index is 0.114. The number of nitrogens with zero attached hydrogens (tertiary/aromatic N) is 3. The molecule has 286 valence electrons. The first-order valence-corrected chi connectivity index (χ1v) is 19.6. The molecule has 0 radical (unpaired) electrons. The van der Waals surface area contributed by atoms with E-state index in [9.17, 15) is 0 Å². The molecule has 1 atom stereocenters. The lowest BCUT2D eigenvalue weighted by atomic mass is 9.81. The molecule has 1 unspecified atom stereocenters. The molecular weight excluding hydrogens is 671 g/mol. The van der Waals surface area contributed by atoms with Gasteiger partial charge in [0.25, 0.3) is 0 Å². The third-order valence-electron chi connectivity index (χ3n) is 11.5. The third kappa shape index (κ3) is 7.85. The first-order chi connectivity index (χ1) is 25.9. The van der Waals surface area contributed by atoms with Gasteiger partial charge < -0.3 is 23.8 Å². The van der Waals surface area contributed by atoms with Gasteiger partial charge >= 0.3 is 0 Å². The van der Waals surface area contributed by atoms with Gasteiger partial charge in [-0.25, -0.2) is 4.57 Å². The molecule has 2 aliphatic heterocycles.